The summed E-state index contributed by atoms with van der Waals surface area (Å²) in [6.45, 7) is 12.6. The van der Waals surface area contributed by atoms with Crippen LogP contribution in [0.3, 0.4) is 0 Å². The van der Waals surface area contributed by atoms with Gasteiger partial charge in [-0.05, 0) is 0 Å². The van der Waals surface area contributed by atoms with E-state index in [1.807, 2.05) is 0 Å². The summed E-state index contributed by atoms with van der Waals surface area (Å²) in [7, 11) is 0. The highest BCUT2D eigenvalue weighted by atomic mass is 127. The van der Waals surface area contributed by atoms with Gasteiger partial charge in [-0.3, -0.25) is 0 Å². The van der Waals surface area contributed by atoms with Crippen LogP contribution >= 0.6 is 22.6 Å². The Kier molecular flexibility index (Phi) is 42.3. The van der Waals surface area contributed by atoms with Crippen molar-refractivity contribution in [2.45, 2.75) is 0 Å². The molecule has 0 amide bonds. The van der Waals surface area contributed by atoms with Gasteiger partial charge in [0.15, 0.2) is 0 Å². The van der Waals surface area contributed by atoms with E-state index in [0.29, 0.717) is 159 Å². The number of hydrogen-bond donors (Lipinski definition) is 0. The van der Waals surface area contributed by atoms with E-state index in [9.17, 15) is 4.39 Å². The standard InChI is InChI=1S/C28H56FIO13/c29-1-3-31-5-7-33-9-11-35-13-15-37-17-19-39-21-23-41-25-27-43-28-26-42-24-22-40-20-18-38-16-14-36-12-10-34-8-6-32-4-2-30/h1-28H2. The third-order valence-electron chi connectivity index (χ3n) is 4.91. The summed E-state index contributed by atoms with van der Waals surface area (Å²) < 4.78 is 82.7. The van der Waals surface area contributed by atoms with E-state index in [2.05, 4.69) is 22.6 Å². The van der Waals surface area contributed by atoms with Gasteiger partial charge >= 0.3 is 0 Å². The molecule has 0 spiro atoms. The first-order valence-electron chi connectivity index (χ1n) is 15.0. The molecule has 0 aliphatic rings. The number of alkyl halides is 2. The van der Waals surface area contributed by atoms with Crippen LogP contribution in [-0.2, 0) is 61.6 Å². The van der Waals surface area contributed by atoms with Crippen LogP contribution in [0.15, 0.2) is 0 Å². The van der Waals surface area contributed by atoms with Gasteiger partial charge < -0.3 is 61.6 Å². The van der Waals surface area contributed by atoms with Crippen molar-refractivity contribution < 1.29 is 66.0 Å². The SMILES string of the molecule is FCCOCCOCCOCCOCCOCCOCCOCCOCCOCCOCCOCCOCCOCCI. The van der Waals surface area contributed by atoms with Gasteiger partial charge in [-0.1, -0.05) is 22.6 Å². The van der Waals surface area contributed by atoms with Crippen molar-refractivity contribution in [1.82, 2.24) is 0 Å². The van der Waals surface area contributed by atoms with E-state index < -0.39 is 6.67 Å². The van der Waals surface area contributed by atoms with Crippen LogP contribution in [-0.4, -0.2) is 183 Å². The molecule has 0 N–H and O–H groups in total. The van der Waals surface area contributed by atoms with Crippen molar-refractivity contribution in [3.63, 3.8) is 0 Å². The minimum absolute atomic E-state index is 0.113. The Morgan fingerprint density at radius 3 is 0.512 bits per heavy atom. The molecule has 0 saturated carbocycles. The lowest BCUT2D eigenvalue weighted by Gasteiger charge is -2.09. The van der Waals surface area contributed by atoms with Crippen LogP contribution in [0.1, 0.15) is 0 Å². The summed E-state index contributed by atoms with van der Waals surface area (Å²) in [5, 5.41) is 0. The maximum Gasteiger partial charge on any atom is 0.113 e. The minimum Gasteiger partial charge on any atom is -0.378 e. The summed E-state index contributed by atoms with van der Waals surface area (Å²) in [6, 6.07) is 0. The van der Waals surface area contributed by atoms with Gasteiger partial charge in [0.05, 0.1) is 172 Å². The Morgan fingerprint density at radius 2 is 0.372 bits per heavy atom. The normalized spacial score (nSPS) is 11.6. The first kappa shape index (κ1) is 43.1. The van der Waals surface area contributed by atoms with Crippen molar-refractivity contribution in [3.05, 3.63) is 0 Å². The first-order chi connectivity index (χ1) is 21.4. The average Bonchev–Trinajstić information content (AvgIpc) is 3.02. The Hall–Kier alpha value is 0.140. The largest absolute Gasteiger partial charge is 0.378 e. The van der Waals surface area contributed by atoms with E-state index in [1.54, 1.807) is 0 Å². The summed E-state index contributed by atoms with van der Waals surface area (Å²) in [4.78, 5) is 0. The summed E-state index contributed by atoms with van der Waals surface area (Å²) in [5.41, 5.74) is 0. The summed E-state index contributed by atoms with van der Waals surface area (Å²) >= 11 is 2.27. The zero-order valence-electron chi connectivity index (χ0n) is 25.9. The molecule has 0 rings (SSSR count). The molecule has 15 heteroatoms. The lowest BCUT2D eigenvalue weighted by Crippen LogP contribution is -2.15. The predicted octanol–water partition coefficient (Wildman–Crippen LogP) is 1.61. The number of rotatable bonds is 40. The van der Waals surface area contributed by atoms with E-state index >= 15 is 0 Å². The third kappa shape index (κ3) is 42.1. The average molecular weight is 747 g/mol. The van der Waals surface area contributed by atoms with Crippen molar-refractivity contribution in [3.8, 4) is 0 Å². The fourth-order valence-corrected chi connectivity index (χ4v) is 3.16. The molecule has 13 nitrogen and oxygen atoms in total. The second-order valence-electron chi connectivity index (χ2n) is 8.34. The molecule has 0 fully saturated rings. The van der Waals surface area contributed by atoms with E-state index in [4.69, 9.17) is 61.6 Å². The third-order valence-corrected chi connectivity index (χ3v) is 5.35. The molecule has 43 heavy (non-hydrogen) atoms. The number of hydrogen-bond acceptors (Lipinski definition) is 13. The maximum absolute atomic E-state index is 11.8. The van der Waals surface area contributed by atoms with Crippen molar-refractivity contribution >= 4 is 22.6 Å². The summed E-state index contributed by atoms with van der Waals surface area (Å²) in [5.74, 6) is 0. The fraction of sp³-hybridized carbons (Fsp3) is 1.00. The molecule has 0 bridgehead atoms. The van der Waals surface area contributed by atoms with Crippen LogP contribution in [0, 0.1) is 0 Å². The molecule has 0 aromatic carbocycles. The van der Waals surface area contributed by atoms with E-state index in [1.165, 1.54) is 0 Å². The Balaban J connectivity index is 3.02. The number of ether oxygens (including phenoxy) is 13. The van der Waals surface area contributed by atoms with Crippen LogP contribution in [0.4, 0.5) is 4.39 Å². The lowest BCUT2D eigenvalue weighted by atomic mass is 10.6. The van der Waals surface area contributed by atoms with Gasteiger partial charge in [-0.15, -0.1) is 0 Å². The van der Waals surface area contributed by atoms with Gasteiger partial charge in [0.25, 0.3) is 0 Å². The molecule has 0 aromatic rings. The molecule has 0 aromatic heterocycles. The summed E-state index contributed by atoms with van der Waals surface area (Å²) in [6.07, 6.45) is 0. The molecule has 0 heterocycles. The number of halogens is 2. The topological polar surface area (TPSA) is 120 Å². The van der Waals surface area contributed by atoms with Gasteiger partial charge in [0, 0.05) is 4.43 Å². The molecule has 0 aliphatic carbocycles. The Morgan fingerprint density at radius 1 is 0.233 bits per heavy atom. The smallest absolute Gasteiger partial charge is 0.113 e. The molecular weight excluding hydrogens is 690 g/mol. The van der Waals surface area contributed by atoms with E-state index in [-0.39, 0.29) is 6.61 Å². The quantitative estimate of drug-likeness (QED) is 0.0514. The fourth-order valence-electron chi connectivity index (χ4n) is 2.85. The first-order valence-corrected chi connectivity index (χ1v) is 16.6. The Bertz CT molecular complexity index is 450. The van der Waals surface area contributed by atoms with Gasteiger partial charge in [0.2, 0.25) is 0 Å². The highest BCUT2D eigenvalue weighted by molar-refractivity contribution is 14.1. The van der Waals surface area contributed by atoms with Gasteiger partial charge in [-0.2, -0.15) is 0 Å². The highest BCUT2D eigenvalue weighted by Gasteiger charge is 1.97. The monoisotopic (exact) mass is 746 g/mol. The maximum atomic E-state index is 11.8. The van der Waals surface area contributed by atoms with Gasteiger partial charge in [-0.25, -0.2) is 4.39 Å². The zero-order chi connectivity index (χ0) is 31.0. The molecule has 0 radical (unpaired) electrons. The zero-order valence-corrected chi connectivity index (χ0v) is 28.0. The Labute approximate surface area is 270 Å². The van der Waals surface area contributed by atoms with Gasteiger partial charge in [0.1, 0.15) is 6.67 Å². The predicted molar refractivity (Wildman–Crippen MR) is 166 cm³/mol. The van der Waals surface area contributed by atoms with Crippen LogP contribution in [0.5, 0.6) is 0 Å². The molecular formula is C28H56FIO13. The second kappa shape index (κ2) is 42.1. The molecule has 0 saturated heterocycles. The minimum atomic E-state index is -0.474. The van der Waals surface area contributed by atoms with Crippen LogP contribution in [0.2, 0.25) is 0 Å². The molecule has 0 unspecified atom stereocenters. The van der Waals surface area contributed by atoms with Crippen LogP contribution in [0.25, 0.3) is 0 Å². The molecule has 260 valence electrons. The lowest BCUT2D eigenvalue weighted by molar-refractivity contribution is -0.0290. The molecule has 0 aliphatic heterocycles. The second-order valence-corrected chi connectivity index (χ2v) is 9.42. The van der Waals surface area contributed by atoms with Crippen LogP contribution < -0.4 is 0 Å². The highest BCUT2D eigenvalue weighted by Crippen LogP contribution is 1.88. The van der Waals surface area contributed by atoms with E-state index in [0.717, 1.165) is 11.0 Å². The molecule has 0 atom stereocenters. The van der Waals surface area contributed by atoms with Crippen molar-refractivity contribution in [2.75, 3.05) is 183 Å². The van der Waals surface area contributed by atoms with Crippen molar-refractivity contribution in [2.24, 2.45) is 0 Å². The van der Waals surface area contributed by atoms with Crippen molar-refractivity contribution in [1.29, 1.82) is 0 Å².